The summed E-state index contributed by atoms with van der Waals surface area (Å²) in [7, 11) is 0. The first kappa shape index (κ1) is 16.4. The highest BCUT2D eigenvalue weighted by atomic mass is 16.5. The predicted molar refractivity (Wildman–Crippen MR) is 96.7 cm³/mol. The molecular weight excluding hydrogens is 330 g/mol. The standard InChI is InChI=1S/C21H19NO4/c22-21(24)14-6-4-13(5-7-14)11-26-20(23)10-17-12-25-19-9-16-3-1-2-15(16)8-18(17)19/h4-9,12H,1-3,10-11H2,(H2,22,24). The molecule has 0 atom stereocenters. The highest BCUT2D eigenvalue weighted by molar-refractivity contribution is 5.92. The van der Waals surface area contributed by atoms with Gasteiger partial charge in [-0.15, -0.1) is 0 Å². The molecule has 1 heterocycles. The van der Waals surface area contributed by atoms with Gasteiger partial charge in [-0.2, -0.15) is 0 Å². The molecule has 0 fully saturated rings. The second kappa shape index (κ2) is 6.67. The van der Waals surface area contributed by atoms with E-state index in [1.54, 1.807) is 30.5 Å². The lowest BCUT2D eigenvalue weighted by atomic mass is 10.0. The number of rotatable bonds is 5. The highest BCUT2D eigenvalue weighted by Crippen LogP contribution is 2.30. The van der Waals surface area contributed by atoms with Crippen molar-refractivity contribution in [1.82, 2.24) is 0 Å². The Morgan fingerprint density at radius 2 is 1.81 bits per heavy atom. The average molecular weight is 349 g/mol. The van der Waals surface area contributed by atoms with E-state index in [1.807, 2.05) is 0 Å². The maximum Gasteiger partial charge on any atom is 0.310 e. The minimum Gasteiger partial charge on any atom is -0.464 e. The Morgan fingerprint density at radius 1 is 1.08 bits per heavy atom. The lowest BCUT2D eigenvalue weighted by Crippen LogP contribution is -2.11. The van der Waals surface area contributed by atoms with Crippen LogP contribution in [0.5, 0.6) is 0 Å². The van der Waals surface area contributed by atoms with E-state index in [4.69, 9.17) is 14.9 Å². The highest BCUT2D eigenvalue weighted by Gasteiger charge is 2.17. The summed E-state index contributed by atoms with van der Waals surface area (Å²) in [5.74, 6) is -0.793. The molecule has 5 heteroatoms. The van der Waals surface area contributed by atoms with Gasteiger partial charge in [0.2, 0.25) is 5.91 Å². The molecule has 0 unspecified atom stereocenters. The molecule has 1 aromatic heterocycles. The van der Waals surface area contributed by atoms with Crippen molar-refractivity contribution < 1.29 is 18.7 Å². The van der Waals surface area contributed by atoms with Crippen molar-refractivity contribution in [3.05, 3.63) is 70.5 Å². The average Bonchev–Trinajstić information content (AvgIpc) is 3.25. The van der Waals surface area contributed by atoms with Crippen LogP contribution in [0.3, 0.4) is 0 Å². The van der Waals surface area contributed by atoms with Crippen LogP contribution in [0.2, 0.25) is 0 Å². The Balaban J connectivity index is 1.42. The van der Waals surface area contributed by atoms with Crippen molar-refractivity contribution in [3.8, 4) is 0 Å². The van der Waals surface area contributed by atoms with Gasteiger partial charge < -0.3 is 14.9 Å². The molecule has 26 heavy (non-hydrogen) atoms. The number of ether oxygens (including phenoxy) is 1. The van der Waals surface area contributed by atoms with E-state index in [0.717, 1.165) is 34.9 Å². The summed E-state index contributed by atoms with van der Waals surface area (Å²) in [6.07, 6.45) is 5.17. The molecule has 0 spiro atoms. The van der Waals surface area contributed by atoms with Crippen LogP contribution in [0.1, 0.15) is 39.0 Å². The van der Waals surface area contributed by atoms with Gasteiger partial charge in [-0.1, -0.05) is 12.1 Å². The van der Waals surface area contributed by atoms with Gasteiger partial charge in [0.05, 0.1) is 12.7 Å². The Hall–Kier alpha value is -3.08. The van der Waals surface area contributed by atoms with E-state index < -0.39 is 5.91 Å². The van der Waals surface area contributed by atoms with Crippen LogP contribution in [-0.4, -0.2) is 11.9 Å². The van der Waals surface area contributed by atoms with Crippen molar-refractivity contribution in [1.29, 1.82) is 0 Å². The number of fused-ring (bicyclic) bond motifs is 2. The fourth-order valence-electron chi connectivity index (χ4n) is 3.42. The van der Waals surface area contributed by atoms with Gasteiger partial charge >= 0.3 is 5.97 Å². The summed E-state index contributed by atoms with van der Waals surface area (Å²) in [5.41, 5.74) is 10.8. The SMILES string of the molecule is NC(=O)c1ccc(COC(=O)Cc2coc3cc4c(cc23)CCC4)cc1. The van der Waals surface area contributed by atoms with E-state index in [1.165, 1.54) is 17.5 Å². The molecule has 0 saturated heterocycles. The molecule has 5 nitrogen and oxygen atoms in total. The third-order valence-electron chi connectivity index (χ3n) is 4.84. The first-order chi connectivity index (χ1) is 12.6. The topological polar surface area (TPSA) is 82.5 Å². The molecule has 1 aliphatic rings. The zero-order valence-electron chi connectivity index (χ0n) is 14.3. The van der Waals surface area contributed by atoms with E-state index in [9.17, 15) is 9.59 Å². The number of carbonyl (C=O) groups excluding carboxylic acids is 2. The summed E-state index contributed by atoms with van der Waals surface area (Å²) in [5, 5.41) is 0.994. The van der Waals surface area contributed by atoms with Crippen LogP contribution in [0.25, 0.3) is 11.0 Å². The fraction of sp³-hybridized carbons (Fsp3) is 0.238. The second-order valence-electron chi connectivity index (χ2n) is 6.63. The van der Waals surface area contributed by atoms with Crippen LogP contribution in [0.15, 0.2) is 47.1 Å². The van der Waals surface area contributed by atoms with Gasteiger partial charge in [0.1, 0.15) is 12.2 Å². The Bertz CT molecular complexity index is 985. The summed E-state index contributed by atoms with van der Waals surface area (Å²) in [6, 6.07) is 10.9. The van der Waals surface area contributed by atoms with Crippen LogP contribution >= 0.6 is 0 Å². The number of carbonyl (C=O) groups is 2. The number of amides is 1. The fourth-order valence-corrected chi connectivity index (χ4v) is 3.42. The van der Waals surface area contributed by atoms with Crippen LogP contribution in [-0.2, 0) is 35.4 Å². The molecule has 132 valence electrons. The zero-order valence-corrected chi connectivity index (χ0v) is 14.3. The minimum atomic E-state index is -0.480. The Kier molecular flexibility index (Phi) is 4.21. The van der Waals surface area contributed by atoms with E-state index in [-0.39, 0.29) is 19.0 Å². The first-order valence-electron chi connectivity index (χ1n) is 8.66. The minimum absolute atomic E-state index is 0.156. The van der Waals surface area contributed by atoms with E-state index in [2.05, 4.69) is 12.1 Å². The van der Waals surface area contributed by atoms with Crippen molar-refractivity contribution in [3.63, 3.8) is 0 Å². The van der Waals surface area contributed by atoms with Crippen molar-refractivity contribution in [2.75, 3.05) is 0 Å². The van der Waals surface area contributed by atoms with Crippen molar-refractivity contribution >= 4 is 22.8 Å². The molecule has 1 amide bonds. The monoisotopic (exact) mass is 349 g/mol. The Morgan fingerprint density at radius 3 is 2.54 bits per heavy atom. The third kappa shape index (κ3) is 3.20. The predicted octanol–water partition coefficient (Wildman–Crippen LogP) is 3.31. The van der Waals surface area contributed by atoms with Crippen molar-refractivity contribution in [2.24, 2.45) is 5.73 Å². The largest absolute Gasteiger partial charge is 0.464 e. The van der Waals surface area contributed by atoms with Gasteiger partial charge in [0.15, 0.2) is 0 Å². The zero-order chi connectivity index (χ0) is 18.1. The number of hydrogen-bond donors (Lipinski definition) is 1. The number of hydrogen-bond acceptors (Lipinski definition) is 4. The number of primary amides is 1. The molecule has 2 aromatic carbocycles. The maximum atomic E-state index is 12.2. The van der Waals surface area contributed by atoms with E-state index in [0.29, 0.717) is 5.56 Å². The maximum absolute atomic E-state index is 12.2. The quantitative estimate of drug-likeness (QED) is 0.717. The molecule has 1 aliphatic carbocycles. The molecule has 0 radical (unpaired) electrons. The van der Waals surface area contributed by atoms with Crippen molar-refractivity contribution in [2.45, 2.75) is 32.3 Å². The summed E-state index contributed by atoms with van der Waals surface area (Å²) >= 11 is 0. The van der Waals surface area contributed by atoms with Gasteiger partial charge in [-0.05, 0) is 60.2 Å². The lowest BCUT2D eigenvalue weighted by molar-refractivity contribution is -0.144. The number of esters is 1. The number of aryl methyl sites for hydroxylation is 2. The van der Waals surface area contributed by atoms with Gasteiger partial charge in [-0.3, -0.25) is 9.59 Å². The molecule has 4 rings (SSSR count). The summed E-state index contributed by atoms with van der Waals surface area (Å²) in [6.45, 7) is 0.156. The van der Waals surface area contributed by atoms with E-state index >= 15 is 0 Å². The number of benzene rings is 2. The smallest absolute Gasteiger partial charge is 0.310 e. The van der Waals surface area contributed by atoms with Gasteiger partial charge in [0, 0.05) is 16.5 Å². The molecule has 0 saturated carbocycles. The van der Waals surface area contributed by atoms with Gasteiger partial charge in [-0.25, -0.2) is 0 Å². The number of furan rings is 1. The van der Waals surface area contributed by atoms with Crippen LogP contribution in [0.4, 0.5) is 0 Å². The molecule has 3 aromatic rings. The number of nitrogens with two attached hydrogens (primary N) is 1. The normalized spacial score (nSPS) is 12.9. The summed E-state index contributed by atoms with van der Waals surface area (Å²) < 4.78 is 11.0. The second-order valence-corrected chi connectivity index (χ2v) is 6.63. The van der Waals surface area contributed by atoms with Crippen LogP contribution < -0.4 is 5.73 Å². The lowest BCUT2D eigenvalue weighted by Gasteiger charge is -2.05. The molecule has 0 bridgehead atoms. The third-order valence-corrected chi connectivity index (χ3v) is 4.84. The Labute approximate surface area is 150 Å². The molecule has 0 aliphatic heterocycles. The first-order valence-corrected chi connectivity index (χ1v) is 8.66. The van der Waals surface area contributed by atoms with Crippen LogP contribution in [0, 0.1) is 0 Å². The summed E-state index contributed by atoms with van der Waals surface area (Å²) in [4.78, 5) is 23.3. The molecule has 2 N–H and O–H groups in total. The molecular formula is C21H19NO4. The van der Waals surface area contributed by atoms with Gasteiger partial charge in [0.25, 0.3) is 0 Å².